The molecule has 4 heteroatoms. The topological polar surface area (TPSA) is 24.8 Å². The van der Waals surface area contributed by atoms with Gasteiger partial charge in [0, 0.05) is 18.4 Å². The summed E-state index contributed by atoms with van der Waals surface area (Å²) in [7, 11) is 4.13. The van der Waals surface area contributed by atoms with Crippen LogP contribution in [0.2, 0.25) is 0 Å². The third kappa shape index (κ3) is 5.75. The molecule has 132 valence electrons. The average molecular weight is 332 g/mol. The molecule has 2 rings (SSSR count). The highest BCUT2D eigenvalue weighted by molar-refractivity contribution is 6.05. The maximum atomic E-state index is 13.1. The molecule has 0 bridgehead atoms. The minimum Gasteiger partial charge on any atom is -0.395 e. The lowest BCUT2D eigenvalue weighted by atomic mass is 9.84. The molecule has 0 spiro atoms. The predicted octanol–water partition coefficient (Wildman–Crippen LogP) is 4.60. The van der Waals surface area contributed by atoms with Crippen molar-refractivity contribution < 1.29 is 9.23 Å². The second-order valence-corrected chi connectivity index (χ2v) is 7.15. The summed E-state index contributed by atoms with van der Waals surface area (Å²) >= 11 is 0. The van der Waals surface area contributed by atoms with Gasteiger partial charge in [-0.05, 0) is 62.7 Å². The third-order valence-electron chi connectivity index (χ3n) is 4.29. The van der Waals surface area contributed by atoms with Crippen LogP contribution in [-0.2, 0) is 4.84 Å². The van der Waals surface area contributed by atoms with E-state index in [0.717, 1.165) is 37.1 Å². The van der Waals surface area contributed by atoms with E-state index < -0.39 is 0 Å². The molecule has 1 aromatic carbocycles. The van der Waals surface area contributed by atoms with Gasteiger partial charge in [-0.25, -0.2) is 4.39 Å². The molecule has 1 fully saturated rings. The molecule has 0 N–H and O–H groups in total. The van der Waals surface area contributed by atoms with Crippen LogP contribution in [0.25, 0.3) is 6.08 Å². The summed E-state index contributed by atoms with van der Waals surface area (Å²) in [4.78, 5) is 7.81. The molecule has 1 aliphatic carbocycles. The predicted molar refractivity (Wildman–Crippen MR) is 98.5 cm³/mol. The lowest BCUT2D eigenvalue weighted by molar-refractivity contribution is 0.100. The monoisotopic (exact) mass is 332 g/mol. The Hall–Kier alpha value is -1.68. The highest BCUT2D eigenvalue weighted by atomic mass is 19.1. The third-order valence-corrected chi connectivity index (χ3v) is 4.29. The van der Waals surface area contributed by atoms with Crippen molar-refractivity contribution in [2.45, 2.75) is 33.1 Å². The van der Waals surface area contributed by atoms with Gasteiger partial charge in [0.15, 0.2) is 0 Å². The van der Waals surface area contributed by atoms with E-state index in [1.807, 2.05) is 0 Å². The van der Waals surface area contributed by atoms with E-state index >= 15 is 0 Å². The Balaban J connectivity index is 2.08. The first-order chi connectivity index (χ1) is 11.5. The molecule has 2 atom stereocenters. The quantitative estimate of drug-likeness (QED) is 0.711. The maximum absolute atomic E-state index is 13.1. The number of halogens is 1. The summed E-state index contributed by atoms with van der Waals surface area (Å²) in [5, 5.41) is 4.46. The highest BCUT2D eigenvalue weighted by Crippen LogP contribution is 2.28. The first-order valence-electron chi connectivity index (χ1n) is 8.76. The van der Waals surface area contributed by atoms with Crippen molar-refractivity contribution in [1.29, 1.82) is 0 Å². The number of allylic oxidation sites excluding steroid dienone is 1. The summed E-state index contributed by atoms with van der Waals surface area (Å²) in [5.41, 5.74) is 3.26. The van der Waals surface area contributed by atoms with Gasteiger partial charge in [-0.1, -0.05) is 31.1 Å². The fourth-order valence-corrected chi connectivity index (χ4v) is 3.14. The van der Waals surface area contributed by atoms with Crippen LogP contribution in [0, 0.1) is 17.7 Å². The van der Waals surface area contributed by atoms with Gasteiger partial charge in [-0.2, -0.15) is 0 Å². The molecular weight excluding hydrogens is 303 g/mol. The van der Waals surface area contributed by atoms with Crippen LogP contribution in [-0.4, -0.2) is 37.9 Å². The molecule has 24 heavy (non-hydrogen) atoms. The van der Waals surface area contributed by atoms with Gasteiger partial charge in [-0.3, -0.25) is 0 Å². The van der Waals surface area contributed by atoms with E-state index in [9.17, 15) is 4.39 Å². The van der Waals surface area contributed by atoms with Gasteiger partial charge in [0.1, 0.15) is 12.4 Å². The Morgan fingerprint density at radius 1 is 1.33 bits per heavy atom. The molecule has 0 aromatic heterocycles. The molecule has 0 saturated heterocycles. The molecule has 1 aromatic rings. The number of rotatable bonds is 6. The fraction of sp³-hybridized carbons (Fsp3) is 0.550. The molecule has 0 aliphatic heterocycles. The van der Waals surface area contributed by atoms with Crippen LogP contribution >= 0.6 is 0 Å². The Labute approximate surface area is 145 Å². The van der Waals surface area contributed by atoms with Gasteiger partial charge < -0.3 is 9.74 Å². The first kappa shape index (κ1) is 18.7. The van der Waals surface area contributed by atoms with Gasteiger partial charge in [0.25, 0.3) is 0 Å². The van der Waals surface area contributed by atoms with Crippen molar-refractivity contribution in [2.75, 3.05) is 27.2 Å². The average Bonchev–Trinajstić information content (AvgIpc) is 2.51. The van der Waals surface area contributed by atoms with Crippen LogP contribution in [0.3, 0.4) is 0 Å². The second kappa shape index (κ2) is 8.97. The Morgan fingerprint density at radius 2 is 2.04 bits per heavy atom. The van der Waals surface area contributed by atoms with Crippen LogP contribution in [0.5, 0.6) is 0 Å². The Bertz CT molecular complexity index is 578. The van der Waals surface area contributed by atoms with Crippen LogP contribution < -0.4 is 0 Å². The fourth-order valence-electron chi connectivity index (χ4n) is 3.14. The van der Waals surface area contributed by atoms with Crippen LogP contribution in [0.15, 0.2) is 35.0 Å². The summed E-state index contributed by atoms with van der Waals surface area (Å²) < 4.78 is 13.1. The molecule has 3 nitrogen and oxygen atoms in total. The Morgan fingerprint density at radius 3 is 2.71 bits per heavy atom. The second-order valence-electron chi connectivity index (χ2n) is 7.15. The van der Waals surface area contributed by atoms with Gasteiger partial charge in [0.05, 0.1) is 5.71 Å². The molecule has 1 aliphatic rings. The zero-order valence-corrected chi connectivity index (χ0v) is 15.3. The van der Waals surface area contributed by atoms with Crippen molar-refractivity contribution in [1.82, 2.24) is 4.90 Å². The van der Waals surface area contributed by atoms with Crippen molar-refractivity contribution in [3.05, 3.63) is 41.2 Å². The standard InChI is InChI=1S/C20H29FN2O/c1-15(13-23(3)4)14-24-22-20-16(2)6-5-7-18(20)12-17-8-10-19(21)11-9-17/h8-12,15-16H,5-7,13-14H2,1-4H3/b18-12+,22-20+. The molecule has 0 radical (unpaired) electrons. The number of hydrogen-bond acceptors (Lipinski definition) is 3. The summed E-state index contributed by atoms with van der Waals surface area (Å²) in [5.74, 6) is 0.628. The molecule has 0 amide bonds. The number of hydrogen-bond donors (Lipinski definition) is 0. The van der Waals surface area contributed by atoms with E-state index in [2.05, 4.69) is 44.1 Å². The molecule has 0 heterocycles. The zero-order valence-electron chi connectivity index (χ0n) is 15.3. The van der Waals surface area contributed by atoms with Gasteiger partial charge in [-0.15, -0.1) is 0 Å². The van der Waals surface area contributed by atoms with Crippen LogP contribution in [0.1, 0.15) is 38.7 Å². The number of nitrogens with zero attached hydrogens (tertiary/aromatic N) is 2. The lowest BCUT2D eigenvalue weighted by Crippen LogP contribution is -2.23. The molecular formula is C20H29FN2O. The van der Waals surface area contributed by atoms with E-state index in [0.29, 0.717) is 18.4 Å². The minimum atomic E-state index is -0.207. The van der Waals surface area contributed by atoms with Gasteiger partial charge in [0.2, 0.25) is 0 Å². The minimum absolute atomic E-state index is 0.207. The highest BCUT2D eigenvalue weighted by Gasteiger charge is 2.21. The van der Waals surface area contributed by atoms with Crippen molar-refractivity contribution in [3.8, 4) is 0 Å². The number of oxime groups is 1. The van der Waals surface area contributed by atoms with E-state index in [4.69, 9.17) is 4.84 Å². The van der Waals surface area contributed by atoms with Crippen molar-refractivity contribution in [2.24, 2.45) is 17.0 Å². The summed E-state index contributed by atoms with van der Waals surface area (Å²) in [6.45, 7) is 5.97. The summed E-state index contributed by atoms with van der Waals surface area (Å²) in [6.07, 6.45) is 5.40. The summed E-state index contributed by atoms with van der Waals surface area (Å²) in [6, 6.07) is 6.60. The normalized spacial score (nSPS) is 23.0. The first-order valence-corrected chi connectivity index (χ1v) is 8.76. The smallest absolute Gasteiger partial charge is 0.123 e. The Kier molecular flexibility index (Phi) is 6.98. The van der Waals surface area contributed by atoms with E-state index in [1.54, 1.807) is 12.1 Å². The van der Waals surface area contributed by atoms with Crippen molar-refractivity contribution in [3.63, 3.8) is 0 Å². The maximum Gasteiger partial charge on any atom is 0.123 e. The largest absolute Gasteiger partial charge is 0.395 e. The SMILES string of the molecule is CC(CO/N=C1/C(=C/c2ccc(F)cc2)CCCC1C)CN(C)C. The van der Waals surface area contributed by atoms with Crippen LogP contribution in [0.4, 0.5) is 4.39 Å². The van der Waals surface area contributed by atoms with Gasteiger partial charge >= 0.3 is 0 Å². The molecule has 2 unspecified atom stereocenters. The zero-order chi connectivity index (χ0) is 17.5. The van der Waals surface area contributed by atoms with E-state index in [1.165, 1.54) is 17.7 Å². The van der Waals surface area contributed by atoms with Crippen molar-refractivity contribution >= 4 is 11.8 Å². The van der Waals surface area contributed by atoms with E-state index in [-0.39, 0.29) is 5.82 Å². The number of benzene rings is 1. The lowest BCUT2D eigenvalue weighted by Gasteiger charge is -2.23. The molecule has 1 saturated carbocycles.